The SMILES string of the molecule is COc1ccccc1N(C)CC(=O)c1ccc(F)c(F)c1. The van der Waals surface area contributed by atoms with Crippen LogP contribution in [0.2, 0.25) is 0 Å². The van der Waals surface area contributed by atoms with Crippen LogP contribution in [0.1, 0.15) is 10.4 Å². The van der Waals surface area contributed by atoms with Crippen LogP contribution in [0.25, 0.3) is 0 Å². The first kappa shape index (κ1) is 15.0. The zero-order valence-electron chi connectivity index (χ0n) is 11.8. The summed E-state index contributed by atoms with van der Waals surface area (Å²) in [5.74, 6) is -1.66. The molecular formula is C16H15F2NO2. The van der Waals surface area contributed by atoms with E-state index in [0.29, 0.717) is 5.75 Å². The van der Waals surface area contributed by atoms with Crippen LogP contribution < -0.4 is 9.64 Å². The first-order chi connectivity index (χ1) is 10.0. The Kier molecular flexibility index (Phi) is 4.52. The number of para-hydroxylation sites is 2. The number of ketones is 1. The van der Waals surface area contributed by atoms with Gasteiger partial charge in [0.25, 0.3) is 0 Å². The molecule has 0 aliphatic heterocycles. The maximum absolute atomic E-state index is 13.2. The Labute approximate surface area is 121 Å². The number of nitrogens with zero attached hydrogens (tertiary/aromatic N) is 1. The standard InChI is InChI=1S/C16H15F2NO2/c1-19(14-5-3-4-6-16(14)21-2)10-15(20)11-7-8-12(17)13(18)9-11/h3-9H,10H2,1-2H3. The molecule has 0 aliphatic carbocycles. The first-order valence-electron chi connectivity index (χ1n) is 6.35. The van der Waals surface area contributed by atoms with Gasteiger partial charge in [-0.2, -0.15) is 0 Å². The Hall–Kier alpha value is -2.43. The molecule has 0 spiro atoms. The van der Waals surface area contributed by atoms with E-state index in [1.165, 1.54) is 6.07 Å². The molecule has 0 unspecified atom stereocenters. The molecule has 0 heterocycles. The third-order valence-corrected chi connectivity index (χ3v) is 3.12. The number of benzene rings is 2. The van der Waals surface area contributed by atoms with Crippen molar-refractivity contribution in [2.24, 2.45) is 0 Å². The molecule has 0 N–H and O–H groups in total. The molecule has 0 atom stereocenters. The zero-order valence-corrected chi connectivity index (χ0v) is 11.8. The van der Waals surface area contributed by atoms with E-state index in [4.69, 9.17) is 4.74 Å². The van der Waals surface area contributed by atoms with Crippen molar-refractivity contribution in [1.82, 2.24) is 0 Å². The molecule has 5 heteroatoms. The van der Waals surface area contributed by atoms with Crippen molar-refractivity contribution in [3.8, 4) is 5.75 Å². The predicted octanol–water partition coefficient (Wildman–Crippen LogP) is 3.29. The molecule has 21 heavy (non-hydrogen) atoms. The summed E-state index contributed by atoms with van der Waals surface area (Å²) in [6, 6.07) is 10.4. The fourth-order valence-electron chi connectivity index (χ4n) is 2.01. The van der Waals surface area contributed by atoms with E-state index in [9.17, 15) is 13.6 Å². The molecular weight excluding hydrogens is 276 g/mol. The smallest absolute Gasteiger partial charge is 0.182 e. The lowest BCUT2D eigenvalue weighted by Gasteiger charge is -2.20. The van der Waals surface area contributed by atoms with Crippen LogP contribution in [-0.4, -0.2) is 26.5 Å². The van der Waals surface area contributed by atoms with Gasteiger partial charge in [0.05, 0.1) is 19.3 Å². The molecule has 0 aliphatic rings. The minimum Gasteiger partial charge on any atom is -0.495 e. The molecule has 2 rings (SSSR count). The van der Waals surface area contributed by atoms with Crippen molar-refractivity contribution in [3.63, 3.8) is 0 Å². The Morgan fingerprint density at radius 1 is 1.14 bits per heavy atom. The summed E-state index contributed by atoms with van der Waals surface area (Å²) >= 11 is 0. The normalized spacial score (nSPS) is 10.3. The van der Waals surface area contributed by atoms with Gasteiger partial charge in [-0.15, -0.1) is 0 Å². The quantitative estimate of drug-likeness (QED) is 0.792. The van der Waals surface area contributed by atoms with Crippen LogP contribution in [-0.2, 0) is 0 Å². The molecule has 0 aromatic heterocycles. The van der Waals surface area contributed by atoms with Gasteiger partial charge in [0.15, 0.2) is 17.4 Å². The number of hydrogen-bond acceptors (Lipinski definition) is 3. The van der Waals surface area contributed by atoms with E-state index >= 15 is 0 Å². The van der Waals surface area contributed by atoms with E-state index in [1.807, 2.05) is 18.2 Å². The highest BCUT2D eigenvalue weighted by Gasteiger charge is 2.14. The van der Waals surface area contributed by atoms with E-state index in [1.54, 1.807) is 25.1 Å². The van der Waals surface area contributed by atoms with Crippen molar-refractivity contribution < 1.29 is 18.3 Å². The number of carbonyl (C=O) groups is 1. The maximum atomic E-state index is 13.2. The minimum absolute atomic E-state index is 0.0332. The number of halogens is 2. The highest BCUT2D eigenvalue weighted by Crippen LogP contribution is 2.26. The van der Waals surface area contributed by atoms with Crippen molar-refractivity contribution in [2.45, 2.75) is 0 Å². The molecule has 110 valence electrons. The molecule has 0 bridgehead atoms. The van der Waals surface area contributed by atoms with E-state index in [2.05, 4.69) is 0 Å². The average Bonchev–Trinajstić information content (AvgIpc) is 2.49. The monoisotopic (exact) mass is 291 g/mol. The Morgan fingerprint density at radius 3 is 2.52 bits per heavy atom. The van der Waals surface area contributed by atoms with Gasteiger partial charge in [0.1, 0.15) is 5.75 Å². The number of carbonyl (C=O) groups excluding carboxylic acids is 1. The van der Waals surface area contributed by atoms with Crippen LogP contribution in [0.5, 0.6) is 5.75 Å². The fourth-order valence-corrected chi connectivity index (χ4v) is 2.01. The van der Waals surface area contributed by atoms with Crippen LogP contribution in [0.3, 0.4) is 0 Å². The first-order valence-corrected chi connectivity index (χ1v) is 6.35. The van der Waals surface area contributed by atoms with Crippen LogP contribution >= 0.6 is 0 Å². The summed E-state index contributed by atoms with van der Waals surface area (Å²) in [5, 5.41) is 0. The molecule has 2 aromatic carbocycles. The lowest BCUT2D eigenvalue weighted by molar-refractivity contribution is 0.0999. The van der Waals surface area contributed by atoms with Crippen molar-refractivity contribution in [1.29, 1.82) is 0 Å². The second-order valence-electron chi connectivity index (χ2n) is 4.58. The van der Waals surface area contributed by atoms with Gasteiger partial charge in [-0.05, 0) is 30.3 Å². The van der Waals surface area contributed by atoms with Crippen LogP contribution in [0.15, 0.2) is 42.5 Å². The molecule has 0 fully saturated rings. The van der Waals surface area contributed by atoms with E-state index < -0.39 is 11.6 Å². The summed E-state index contributed by atoms with van der Waals surface area (Å²) in [6.45, 7) is 0.0332. The second kappa shape index (κ2) is 6.35. The summed E-state index contributed by atoms with van der Waals surface area (Å²) < 4.78 is 31.3. The summed E-state index contributed by atoms with van der Waals surface area (Å²) in [7, 11) is 3.28. The number of methoxy groups -OCH3 is 1. The summed E-state index contributed by atoms with van der Waals surface area (Å²) in [6.07, 6.45) is 0. The fraction of sp³-hybridized carbons (Fsp3) is 0.188. The van der Waals surface area contributed by atoms with Crippen LogP contribution in [0.4, 0.5) is 14.5 Å². The molecule has 2 aromatic rings. The number of ether oxygens (including phenoxy) is 1. The average molecular weight is 291 g/mol. The van der Waals surface area contributed by atoms with Crippen LogP contribution in [0, 0.1) is 11.6 Å². The zero-order chi connectivity index (χ0) is 15.4. The number of Topliss-reactive ketones (excluding diaryl/α,β-unsaturated/α-hetero) is 1. The largest absolute Gasteiger partial charge is 0.495 e. The van der Waals surface area contributed by atoms with Gasteiger partial charge >= 0.3 is 0 Å². The molecule has 0 radical (unpaired) electrons. The lowest BCUT2D eigenvalue weighted by Crippen LogP contribution is -2.26. The van der Waals surface area contributed by atoms with E-state index in [-0.39, 0.29) is 17.9 Å². The van der Waals surface area contributed by atoms with Gasteiger partial charge in [0, 0.05) is 12.6 Å². The number of likely N-dealkylation sites (N-methyl/N-ethyl adjacent to an activating group) is 1. The Balaban J connectivity index is 2.16. The van der Waals surface area contributed by atoms with Crippen molar-refractivity contribution >= 4 is 11.5 Å². The van der Waals surface area contributed by atoms with Gasteiger partial charge < -0.3 is 9.64 Å². The Morgan fingerprint density at radius 2 is 1.86 bits per heavy atom. The maximum Gasteiger partial charge on any atom is 0.182 e. The number of anilines is 1. The summed E-state index contributed by atoms with van der Waals surface area (Å²) in [5.41, 5.74) is 0.881. The molecule has 0 saturated heterocycles. The predicted molar refractivity (Wildman–Crippen MR) is 77.0 cm³/mol. The second-order valence-corrected chi connectivity index (χ2v) is 4.58. The number of hydrogen-bond donors (Lipinski definition) is 0. The third kappa shape index (κ3) is 3.37. The van der Waals surface area contributed by atoms with Gasteiger partial charge in [-0.3, -0.25) is 4.79 Å². The molecule has 0 amide bonds. The van der Waals surface area contributed by atoms with Gasteiger partial charge in [-0.1, -0.05) is 12.1 Å². The third-order valence-electron chi connectivity index (χ3n) is 3.12. The molecule has 0 saturated carbocycles. The van der Waals surface area contributed by atoms with Crippen molar-refractivity contribution in [3.05, 3.63) is 59.7 Å². The summed E-state index contributed by atoms with van der Waals surface area (Å²) in [4.78, 5) is 13.8. The topological polar surface area (TPSA) is 29.5 Å². The van der Waals surface area contributed by atoms with Crippen molar-refractivity contribution in [2.75, 3.05) is 25.6 Å². The highest BCUT2D eigenvalue weighted by molar-refractivity contribution is 5.99. The number of rotatable bonds is 5. The van der Waals surface area contributed by atoms with E-state index in [0.717, 1.165) is 17.8 Å². The minimum atomic E-state index is -1.03. The molecule has 3 nitrogen and oxygen atoms in total. The van der Waals surface area contributed by atoms with Gasteiger partial charge in [0.2, 0.25) is 0 Å². The highest BCUT2D eigenvalue weighted by atomic mass is 19.2. The van der Waals surface area contributed by atoms with Gasteiger partial charge in [-0.25, -0.2) is 8.78 Å². The Bertz CT molecular complexity index is 658. The lowest BCUT2D eigenvalue weighted by atomic mass is 10.1.